The first-order chi connectivity index (χ1) is 16.1. The molecule has 0 saturated heterocycles. The second kappa shape index (κ2) is 8.91. The predicted octanol–water partition coefficient (Wildman–Crippen LogP) is 1.47. The van der Waals surface area contributed by atoms with E-state index in [4.69, 9.17) is 5.21 Å². The predicted molar refractivity (Wildman–Crippen MR) is 124 cm³/mol. The summed E-state index contributed by atoms with van der Waals surface area (Å²) in [4.78, 5) is 26.2. The molecule has 2 amide bonds. The van der Waals surface area contributed by atoms with Crippen LogP contribution in [0.4, 0.5) is 4.79 Å². The van der Waals surface area contributed by atoms with Crippen molar-refractivity contribution in [2.75, 3.05) is 19.4 Å². The smallest absolute Gasteiger partial charge is 0.328 e. The number of hydroxylamine groups is 1. The largest absolute Gasteiger partial charge is 0.396 e. The molecular weight excluding hydrogens is 458 g/mol. The summed E-state index contributed by atoms with van der Waals surface area (Å²) in [6.45, 7) is 1.74. The summed E-state index contributed by atoms with van der Waals surface area (Å²) in [6, 6.07) is 9.46. The van der Waals surface area contributed by atoms with Crippen molar-refractivity contribution in [1.29, 1.82) is 0 Å². The van der Waals surface area contributed by atoms with Crippen molar-refractivity contribution in [1.82, 2.24) is 14.9 Å². The molecule has 4 rings (SSSR count). The van der Waals surface area contributed by atoms with Crippen LogP contribution < -0.4 is 5.48 Å². The quantitative estimate of drug-likeness (QED) is 0.309. The Morgan fingerprint density at radius 1 is 1.24 bits per heavy atom. The molecule has 34 heavy (non-hydrogen) atoms. The third kappa shape index (κ3) is 4.46. The summed E-state index contributed by atoms with van der Waals surface area (Å²) >= 11 is 0. The zero-order chi connectivity index (χ0) is 24.7. The SMILES string of the molecule is C[C@@](CCN1Cc2cc(C#Cc3ccc([C@@H]4C[C@H]4CO)cc3)cn2C1=O)(C(=O)NO)S(C)(=O)=O. The van der Waals surface area contributed by atoms with Crippen LogP contribution in [0.25, 0.3) is 0 Å². The number of aliphatic hydroxyl groups is 1. The van der Waals surface area contributed by atoms with Gasteiger partial charge in [-0.25, -0.2) is 18.7 Å². The molecule has 0 radical (unpaired) electrons. The Kier molecular flexibility index (Phi) is 6.29. The fourth-order valence-electron chi connectivity index (χ4n) is 4.22. The van der Waals surface area contributed by atoms with E-state index in [-0.39, 0.29) is 32.1 Å². The van der Waals surface area contributed by atoms with Crippen molar-refractivity contribution in [3.63, 3.8) is 0 Å². The molecule has 10 heteroatoms. The number of carbonyl (C=O) groups excluding carboxylic acids is 2. The van der Waals surface area contributed by atoms with Crippen LogP contribution in [0.5, 0.6) is 0 Å². The molecule has 1 aromatic carbocycles. The summed E-state index contributed by atoms with van der Waals surface area (Å²) in [6.07, 6.45) is 3.43. The number of aromatic nitrogens is 1. The van der Waals surface area contributed by atoms with Gasteiger partial charge in [-0.05, 0) is 55.4 Å². The summed E-state index contributed by atoms with van der Waals surface area (Å²) in [5.41, 5.74) is 4.89. The second-order valence-electron chi connectivity index (χ2n) is 9.15. The molecule has 0 spiro atoms. The lowest BCUT2D eigenvalue weighted by molar-refractivity contribution is -0.131. The van der Waals surface area contributed by atoms with E-state index < -0.39 is 20.5 Å². The standard InChI is InChI=1S/C24H27N3O6S/c1-24(22(29)25-31,34(2,32)33)9-10-26-14-20-11-17(13-27(20)23(26)30)4-3-16-5-7-18(8-6-16)21-12-19(21)15-28/h5-8,11,13,19,21,28,31H,9-10,12,14-15H2,1-2H3,(H,25,29)/t19-,21-,24+/m0/s1. The molecular formula is C24H27N3O6S. The van der Waals surface area contributed by atoms with E-state index in [1.807, 2.05) is 30.3 Å². The van der Waals surface area contributed by atoms with Gasteiger partial charge in [0, 0.05) is 42.4 Å². The number of nitrogens with one attached hydrogen (secondary N) is 1. The van der Waals surface area contributed by atoms with Crippen LogP contribution in [-0.2, 0) is 21.2 Å². The molecule has 180 valence electrons. The topological polar surface area (TPSA) is 129 Å². The number of hydrogen-bond donors (Lipinski definition) is 3. The number of hydrogen-bond acceptors (Lipinski definition) is 6. The van der Waals surface area contributed by atoms with Gasteiger partial charge in [0.15, 0.2) is 14.6 Å². The third-order valence-electron chi connectivity index (χ3n) is 6.84. The molecule has 2 aliphatic rings. The Labute approximate surface area is 198 Å². The highest BCUT2D eigenvalue weighted by atomic mass is 32.2. The minimum Gasteiger partial charge on any atom is -0.396 e. The highest BCUT2D eigenvalue weighted by Gasteiger charge is 2.44. The fraction of sp³-hybridized carbons (Fsp3) is 0.417. The second-order valence-corrected chi connectivity index (χ2v) is 11.6. The molecule has 0 unspecified atom stereocenters. The molecule has 1 saturated carbocycles. The molecule has 1 aromatic heterocycles. The molecule has 1 aliphatic carbocycles. The third-order valence-corrected chi connectivity index (χ3v) is 8.86. The molecule has 3 N–H and O–H groups in total. The Hall–Kier alpha value is -3.13. The Morgan fingerprint density at radius 2 is 1.91 bits per heavy atom. The first-order valence-corrected chi connectivity index (χ1v) is 12.8. The number of amides is 2. The summed E-state index contributed by atoms with van der Waals surface area (Å²) in [7, 11) is -3.83. The first kappa shape index (κ1) is 24.0. The average Bonchev–Trinajstić information content (AvgIpc) is 3.41. The number of rotatable bonds is 7. The van der Waals surface area contributed by atoms with Gasteiger partial charge in [-0.15, -0.1) is 0 Å². The van der Waals surface area contributed by atoms with E-state index in [0.29, 0.717) is 17.4 Å². The van der Waals surface area contributed by atoms with Crippen LogP contribution in [0, 0.1) is 17.8 Å². The minimum absolute atomic E-state index is 0.0308. The van der Waals surface area contributed by atoms with Gasteiger partial charge < -0.3 is 10.0 Å². The average molecular weight is 486 g/mol. The minimum atomic E-state index is -3.83. The Balaban J connectivity index is 1.40. The van der Waals surface area contributed by atoms with E-state index in [1.54, 1.807) is 6.20 Å². The van der Waals surface area contributed by atoms with Gasteiger partial charge in [-0.2, -0.15) is 0 Å². The highest BCUT2D eigenvalue weighted by molar-refractivity contribution is 7.92. The van der Waals surface area contributed by atoms with Crippen molar-refractivity contribution in [3.05, 3.63) is 58.9 Å². The van der Waals surface area contributed by atoms with Crippen LogP contribution in [0.3, 0.4) is 0 Å². The van der Waals surface area contributed by atoms with E-state index in [1.165, 1.54) is 27.4 Å². The number of nitrogens with zero attached hydrogens (tertiary/aromatic N) is 2. The fourth-order valence-corrected chi connectivity index (χ4v) is 5.06. The molecule has 0 bridgehead atoms. The number of fused-ring (bicyclic) bond motifs is 1. The summed E-state index contributed by atoms with van der Waals surface area (Å²) in [5.74, 6) is 5.93. The van der Waals surface area contributed by atoms with Crippen LogP contribution >= 0.6 is 0 Å². The maximum absolute atomic E-state index is 12.8. The zero-order valence-electron chi connectivity index (χ0n) is 19.0. The van der Waals surface area contributed by atoms with Crippen molar-refractivity contribution < 1.29 is 28.3 Å². The van der Waals surface area contributed by atoms with E-state index in [0.717, 1.165) is 23.9 Å². The van der Waals surface area contributed by atoms with Crippen molar-refractivity contribution in [3.8, 4) is 11.8 Å². The van der Waals surface area contributed by atoms with E-state index in [9.17, 15) is 23.1 Å². The van der Waals surface area contributed by atoms with Crippen molar-refractivity contribution >= 4 is 21.8 Å². The molecule has 2 aromatic rings. The molecule has 9 nitrogen and oxygen atoms in total. The van der Waals surface area contributed by atoms with E-state index >= 15 is 0 Å². The van der Waals surface area contributed by atoms with Gasteiger partial charge in [-0.3, -0.25) is 14.6 Å². The van der Waals surface area contributed by atoms with Crippen molar-refractivity contribution in [2.24, 2.45) is 5.92 Å². The maximum Gasteiger partial charge on any atom is 0.328 e. The van der Waals surface area contributed by atoms with Gasteiger partial charge >= 0.3 is 6.03 Å². The first-order valence-electron chi connectivity index (χ1n) is 10.9. The number of carbonyl (C=O) groups is 2. The maximum atomic E-state index is 12.8. The molecule has 1 aliphatic heterocycles. The summed E-state index contributed by atoms with van der Waals surface area (Å²) in [5, 5.41) is 18.2. The lowest BCUT2D eigenvalue weighted by atomic mass is 10.1. The van der Waals surface area contributed by atoms with Crippen LogP contribution in [0.2, 0.25) is 0 Å². The summed E-state index contributed by atoms with van der Waals surface area (Å²) < 4.78 is 23.9. The Bertz CT molecular complexity index is 1290. The number of aliphatic hydroxyl groups excluding tert-OH is 1. The van der Waals surface area contributed by atoms with Gasteiger partial charge in [-0.1, -0.05) is 24.0 Å². The molecule has 1 fully saturated rings. The van der Waals surface area contributed by atoms with Crippen LogP contribution in [-0.4, -0.2) is 64.3 Å². The van der Waals surface area contributed by atoms with Gasteiger partial charge in [0.25, 0.3) is 5.91 Å². The Morgan fingerprint density at radius 3 is 2.47 bits per heavy atom. The zero-order valence-corrected chi connectivity index (χ0v) is 19.8. The lowest BCUT2D eigenvalue weighted by Gasteiger charge is -2.27. The highest BCUT2D eigenvalue weighted by Crippen LogP contribution is 2.46. The lowest BCUT2D eigenvalue weighted by Crippen LogP contribution is -2.50. The van der Waals surface area contributed by atoms with E-state index in [2.05, 4.69) is 11.8 Å². The van der Waals surface area contributed by atoms with Gasteiger partial charge in [0.1, 0.15) is 0 Å². The molecule has 3 atom stereocenters. The van der Waals surface area contributed by atoms with Crippen LogP contribution in [0.15, 0.2) is 36.5 Å². The molecule has 2 heterocycles. The van der Waals surface area contributed by atoms with Gasteiger partial charge in [0.05, 0.1) is 6.54 Å². The van der Waals surface area contributed by atoms with Crippen molar-refractivity contribution in [2.45, 2.75) is 37.0 Å². The normalized spacial score (nSPS) is 20.8. The van der Waals surface area contributed by atoms with Crippen LogP contribution in [0.1, 0.15) is 48.1 Å². The van der Waals surface area contributed by atoms with Gasteiger partial charge in [0.2, 0.25) is 0 Å². The number of benzene rings is 1. The monoisotopic (exact) mass is 485 g/mol. The number of sulfone groups is 1.